The number of hydrazine groups is 1. The van der Waals surface area contributed by atoms with Gasteiger partial charge in [-0.15, -0.1) is 0 Å². The molecule has 6 heteroatoms. The maximum atomic E-state index is 5.58. The van der Waals surface area contributed by atoms with Gasteiger partial charge in [-0.05, 0) is 54.3 Å². The van der Waals surface area contributed by atoms with E-state index in [0.29, 0.717) is 6.61 Å². The Morgan fingerprint density at radius 3 is 2.69 bits per heavy atom. The van der Waals surface area contributed by atoms with Crippen molar-refractivity contribution in [3.8, 4) is 17.2 Å². The molecule has 2 aromatic carbocycles. The van der Waals surface area contributed by atoms with Gasteiger partial charge >= 0.3 is 0 Å². The Hall–Kier alpha value is -2.86. The van der Waals surface area contributed by atoms with Gasteiger partial charge in [-0.25, -0.2) is 5.43 Å². The molecule has 1 unspecified atom stereocenters. The van der Waals surface area contributed by atoms with Gasteiger partial charge in [-0.3, -0.25) is 0 Å². The van der Waals surface area contributed by atoms with Gasteiger partial charge in [0.2, 0.25) is 0 Å². The van der Waals surface area contributed by atoms with Gasteiger partial charge in [0.25, 0.3) is 0 Å². The first-order chi connectivity index (χ1) is 12.7. The molecule has 0 aromatic heterocycles. The smallest absolute Gasteiger partial charge is 0.161 e. The molecular formula is C20H23N3O3. The molecule has 3 N–H and O–H groups in total. The molecule has 26 heavy (non-hydrogen) atoms. The Labute approximate surface area is 153 Å². The second-order valence-corrected chi connectivity index (χ2v) is 6.27. The van der Waals surface area contributed by atoms with Crippen molar-refractivity contribution >= 4 is 5.69 Å². The summed E-state index contributed by atoms with van der Waals surface area (Å²) in [5.74, 6) is 3.35. The molecule has 0 bridgehead atoms. The maximum Gasteiger partial charge on any atom is 0.161 e. The topological polar surface area (TPSA) is 63.8 Å². The highest BCUT2D eigenvalue weighted by Crippen LogP contribution is 2.44. The molecular weight excluding hydrogens is 330 g/mol. The fourth-order valence-corrected chi connectivity index (χ4v) is 3.56. The van der Waals surface area contributed by atoms with E-state index in [0.717, 1.165) is 35.2 Å². The third kappa shape index (κ3) is 2.82. The predicted molar refractivity (Wildman–Crippen MR) is 101 cm³/mol. The molecule has 0 spiro atoms. The number of benzene rings is 2. The fraction of sp³-hybridized carbons (Fsp3) is 0.300. The molecule has 0 fully saturated rings. The summed E-state index contributed by atoms with van der Waals surface area (Å²) in [6, 6.07) is 12.2. The van der Waals surface area contributed by atoms with Crippen LogP contribution < -0.4 is 30.4 Å². The lowest BCUT2D eigenvalue weighted by molar-refractivity contribution is 0.340. The molecule has 1 heterocycles. The van der Waals surface area contributed by atoms with Gasteiger partial charge < -0.3 is 25.0 Å². The zero-order valence-corrected chi connectivity index (χ0v) is 15.2. The summed E-state index contributed by atoms with van der Waals surface area (Å²) < 4.78 is 16.5. The molecule has 2 aliphatic rings. The highest BCUT2D eigenvalue weighted by molar-refractivity contribution is 5.59. The van der Waals surface area contributed by atoms with Crippen molar-refractivity contribution in [3.05, 3.63) is 58.9 Å². The lowest BCUT2D eigenvalue weighted by atomic mass is 10.1. The summed E-state index contributed by atoms with van der Waals surface area (Å²) in [6.07, 6.45) is 0.855. The van der Waals surface area contributed by atoms with Crippen LogP contribution in [-0.2, 0) is 6.42 Å². The highest BCUT2D eigenvalue weighted by Gasteiger charge is 2.35. The first-order valence-corrected chi connectivity index (χ1v) is 8.72. The summed E-state index contributed by atoms with van der Waals surface area (Å²) in [5, 5.41) is 3.47. The fourth-order valence-electron chi connectivity index (χ4n) is 3.56. The second kappa shape index (κ2) is 6.80. The van der Waals surface area contributed by atoms with Crippen molar-refractivity contribution in [1.82, 2.24) is 10.9 Å². The first kappa shape index (κ1) is 16.6. The Balaban J connectivity index is 1.62. The van der Waals surface area contributed by atoms with E-state index in [1.807, 2.05) is 31.2 Å². The molecule has 1 aliphatic carbocycles. The molecule has 0 amide bonds. The first-order valence-electron chi connectivity index (χ1n) is 8.72. The van der Waals surface area contributed by atoms with E-state index in [9.17, 15) is 0 Å². The van der Waals surface area contributed by atoms with Crippen LogP contribution in [0.5, 0.6) is 17.2 Å². The molecule has 4 rings (SSSR count). The Kier molecular flexibility index (Phi) is 4.34. The van der Waals surface area contributed by atoms with Crippen molar-refractivity contribution in [2.75, 3.05) is 26.1 Å². The van der Waals surface area contributed by atoms with Crippen molar-refractivity contribution in [3.63, 3.8) is 0 Å². The average molecular weight is 353 g/mol. The van der Waals surface area contributed by atoms with E-state index in [1.165, 1.54) is 16.7 Å². The zero-order valence-electron chi connectivity index (χ0n) is 15.2. The third-order valence-corrected chi connectivity index (χ3v) is 4.76. The highest BCUT2D eigenvalue weighted by atomic mass is 16.5. The minimum Gasteiger partial charge on any atom is -0.494 e. The minimum atomic E-state index is 0.127. The summed E-state index contributed by atoms with van der Waals surface area (Å²) in [4.78, 5) is 0. The SMILES string of the molecule is CCOc1cccc(NC2=C3Cc4cc(OC)c(OC)cc4C3NN2)c1. The molecule has 0 radical (unpaired) electrons. The number of methoxy groups -OCH3 is 2. The monoisotopic (exact) mass is 353 g/mol. The largest absolute Gasteiger partial charge is 0.494 e. The second-order valence-electron chi connectivity index (χ2n) is 6.27. The number of ether oxygens (including phenoxy) is 3. The van der Waals surface area contributed by atoms with Crippen LogP contribution in [0, 0.1) is 0 Å². The predicted octanol–water partition coefficient (Wildman–Crippen LogP) is 3.13. The number of anilines is 1. The van der Waals surface area contributed by atoms with Crippen LogP contribution in [0.2, 0.25) is 0 Å². The quantitative estimate of drug-likeness (QED) is 0.742. The van der Waals surface area contributed by atoms with Crippen molar-refractivity contribution in [2.45, 2.75) is 19.4 Å². The van der Waals surface area contributed by atoms with Gasteiger partial charge in [0.1, 0.15) is 11.6 Å². The average Bonchev–Trinajstić information content (AvgIpc) is 3.20. The molecule has 0 saturated carbocycles. The molecule has 1 atom stereocenters. The van der Waals surface area contributed by atoms with Crippen molar-refractivity contribution in [1.29, 1.82) is 0 Å². The van der Waals surface area contributed by atoms with Gasteiger partial charge in [0.05, 0.1) is 26.9 Å². The Bertz CT molecular complexity index is 863. The van der Waals surface area contributed by atoms with Crippen LogP contribution in [0.3, 0.4) is 0 Å². The summed E-state index contributed by atoms with van der Waals surface area (Å²) >= 11 is 0. The number of rotatable bonds is 6. The van der Waals surface area contributed by atoms with Crippen LogP contribution in [0.15, 0.2) is 47.8 Å². The summed E-state index contributed by atoms with van der Waals surface area (Å²) in [7, 11) is 3.33. The standard InChI is InChI=1S/C20H23N3O3/c1-4-26-14-7-5-6-13(10-14)21-20-16-8-12-9-17(24-2)18(25-3)11-15(12)19(16)22-23-20/h5-7,9-11,19,21-23H,4,8H2,1-3H3. The lowest BCUT2D eigenvalue weighted by Crippen LogP contribution is -2.29. The van der Waals surface area contributed by atoms with Gasteiger partial charge in [0.15, 0.2) is 11.5 Å². The molecule has 0 saturated heterocycles. The zero-order chi connectivity index (χ0) is 18.1. The summed E-state index contributed by atoms with van der Waals surface area (Å²) in [6.45, 7) is 2.63. The van der Waals surface area contributed by atoms with Gasteiger partial charge in [-0.2, -0.15) is 0 Å². The van der Waals surface area contributed by atoms with Gasteiger partial charge in [-0.1, -0.05) is 6.07 Å². The number of fused-ring (bicyclic) bond motifs is 3. The number of hydrogen-bond donors (Lipinski definition) is 3. The van der Waals surface area contributed by atoms with Crippen LogP contribution in [0.25, 0.3) is 0 Å². The van der Waals surface area contributed by atoms with Crippen LogP contribution >= 0.6 is 0 Å². The van der Waals surface area contributed by atoms with E-state index >= 15 is 0 Å². The number of nitrogens with one attached hydrogen (secondary N) is 3. The third-order valence-electron chi connectivity index (χ3n) is 4.76. The molecule has 2 aromatic rings. The van der Waals surface area contributed by atoms with E-state index in [-0.39, 0.29) is 6.04 Å². The Morgan fingerprint density at radius 2 is 1.92 bits per heavy atom. The van der Waals surface area contributed by atoms with Gasteiger partial charge in [0, 0.05) is 11.8 Å². The van der Waals surface area contributed by atoms with E-state index in [1.54, 1.807) is 14.2 Å². The lowest BCUT2D eigenvalue weighted by Gasteiger charge is -2.14. The molecule has 136 valence electrons. The van der Waals surface area contributed by atoms with Crippen LogP contribution in [-0.4, -0.2) is 20.8 Å². The van der Waals surface area contributed by atoms with E-state index in [2.05, 4.69) is 28.3 Å². The van der Waals surface area contributed by atoms with Crippen molar-refractivity contribution < 1.29 is 14.2 Å². The summed E-state index contributed by atoms with van der Waals surface area (Å²) in [5.41, 5.74) is 11.4. The van der Waals surface area contributed by atoms with E-state index < -0.39 is 0 Å². The number of hydrogen-bond acceptors (Lipinski definition) is 6. The normalized spacial score (nSPS) is 17.4. The molecule has 1 aliphatic heterocycles. The van der Waals surface area contributed by atoms with Crippen LogP contribution in [0.1, 0.15) is 24.1 Å². The van der Waals surface area contributed by atoms with E-state index in [4.69, 9.17) is 14.2 Å². The minimum absolute atomic E-state index is 0.127. The Morgan fingerprint density at radius 1 is 1.12 bits per heavy atom. The van der Waals surface area contributed by atoms with Crippen LogP contribution in [0.4, 0.5) is 5.69 Å². The maximum absolute atomic E-state index is 5.58. The van der Waals surface area contributed by atoms with Crippen molar-refractivity contribution in [2.24, 2.45) is 0 Å². The molecule has 6 nitrogen and oxygen atoms in total.